The lowest BCUT2D eigenvalue weighted by molar-refractivity contribution is -0.146. The third kappa shape index (κ3) is 35.5. The second-order valence-electron chi connectivity index (χ2n) is 11.3. The first kappa shape index (κ1) is 50.4. The second kappa shape index (κ2) is 39.6. The van der Waals surface area contributed by atoms with Gasteiger partial charge >= 0.3 is 11.9 Å². The predicted octanol–water partition coefficient (Wildman–Crippen LogP) is 0.299. The topological polar surface area (TPSA) is 212 Å². The Morgan fingerprint density at radius 1 is 0.400 bits per heavy atom. The molecule has 320 valence electrons. The van der Waals surface area contributed by atoms with E-state index in [1.807, 2.05) is 0 Å². The Hall–Kier alpha value is -2.66. The Bertz CT molecular complexity index is 953. The Balaban J connectivity index is 1.62. The van der Waals surface area contributed by atoms with Gasteiger partial charge in [-0.3, -0.25) is 24.1 Å². The average molecular weight is 798 g/mol. The van der Waals surface area contributed by atoms with Crippen LogP contribution in [0.2, 0.25) is 0 Å². The molecule has 0 saturated carbocycles. The summed E-state index contributed by atoms with van der Waals surface area (Å²) in [6, 6.07) is 0. The fraction of sp³-hybridized carbons (Fsp3) is 0.833. The van der Waals surface area contributed by atoms with Crippen molar-refractivity contribution in [3.05, 3.63) is 12.2 Å². The molecule has 1 aliphatic heterocycles. The lowest BCUT2D eigenvalue weighted by Crippen LogP contribution is -2.33. The van der Waals surface area contributed by atoms with Gasteiger partial charge in [-0.05, 0) is 12.8 Å². The highest BCUT2D eigenvalue weighted by atomic mass is 16.6. The molecule has 19 heteroatoms. The number of imide groups is 1. The first-order valence-corrected chi connectivity index (χ1v) is 18.8. The minimum Gasteiger partial charge on any atom is -0.481 e. The van der Waals surface area contributed by atoms with Gasteiger partial charge in [-0.1, -0.05) is 0 Å². The molecule has 1 N–H and O–H groups in total. The molecule has 1 rings (SSSR count). The van der Waals surface area contributed by atoms with E-state index in [0.29, 0.717) is 158 Å². The van der Waals surface area contributed by atoms with Crippen LogP contribution in [0.4, 0.5) is 0 Å². The summed E-state index contributed by atoms with van der Waals surface area (Å²) in [5, 5.41) is 8.56. The molecule has 55 heavy (non-hydrogen) atoms. The summed E-state index contributed by atoms with van der Waals surface area (Å²) < 4.78 is 70.2. The maximum absolute atomic E-state index is 11.5. The van der Waals surface area contributed by atoms with E-state index in [-0.39, 0.29) is 57.0 Å². The number of carboxylic acids is 1. The van der Waals surface area contributed by atoms with E-state index >= 15 is 0 Å². The van der Waals surface area contributed by atoms with Crippen LogP contribution in [0.25, 0.3) is 0 Å². The highest BCUT2D eigenvalue weighted by Gasteiger charge is 2.22. The number of amides is 2. The molecular weight excluding hydrogens is 734 g/mol. The Labute approximate surface area is 323 Å². The smallest absolute Gasteiger partial charge is 0.305 e. The summed E-state index contributed by atoms with van der Waals surface area (Å²) in [7, 11) is 0. The van der Waals surface area contributed by atoms with Crippen molar-refractivity contribution in [1.29, 1.82) is 0 Å². The van der Waals surface area contributed by atoms with Crippen LogP contribution in [0.1, 0.15) is 25.7 Å². The molecule has 0 bridgehead atoms. The monoisotopic (exact) mass is 797 g/mol. The van der Waals surface area contributed by atoms with Crippen molar-refractivity contribution in [1.82, 2.24) is 4.90 Å². The summed E-state index contributed by atoms with van der Waals surface area (Å²) >= 11 is 0. The van der Waals surface area contributed by atoms with Crippen LogP contribution in [0.3, 0.4) is 0 Å². The molecule has 0 aliphatic carbocycles. The first-order chi connectivity index (χ1) is 27.0. The molecule has 0 aromatic rings. The highest BCUT2D eigenvalue weighted by Crippen LogP contribution is 2.03. The lowest BCUT2D eigenvalue weighted by atomic mass is 10.2. The van der Waals surface area contributed by atoms with E-state index in [1.54, 1.807) is 0 Å². The summed E-state index contributed by atoms with van der Waals surface area (Å²) in [5.74, 6) is -1.85. The van der Waals surface area contributed by atoms with Gasteiger partial charge in [0.15, 0.2) is 0 Å². The summed E-state index contributed by atoms with van der Waals surface area (Å²) in [6.45, 7) is 10.7. The van der Waals surface area contributed by atoms with Crippen LogP contribution in [0.5, 0.6) is 0 Å². The first-order valence-electron chi connectivity index (χ1n) is 18.8. The minimum atomic E-state index is -0.868. The van der Waals surface area contributed by atoms with E-state index in [0.717, 1.165) is 4.90 Å². The van der Waals surface area contributed by atoms with Gasteiger partial charge < -0.3 is 66.7 Å². The molecule has 1 heterocycles. The van der Waals surface area contributed by atoms with Crippen LogP contribution in [-0.4, -0.2) is 205 Å². The summed E-state index contributed by atoms with van der Waals surface area (Å²) in [6.07, 6.45) is 3.71. The molecule has 19 nitrogen and oxygen atoms in total. The third-order valence-electron chi connectivity index (χ3n) is 6.96. The van der Waals surface area contributed by atoms with Crippen LogP contribution < -0.4 is 0 Å². The number of hydrogen-bond acceptors (Lipinski definition) is 17. The predicted molar refractivity (Wildman–Crippen MR) is 193 cm³/mol. The fourth-order valence-electron chi connectivity index (χ4n) is 4.16. The SMILES string of the molecule is O=C(O)CCCCC(=O)OCCOCCOCCOCCOCCOCCOCCOCCOCCOCCOCCOCCOCCN1C(=O)C=CC1=O. The molecule has 0 unspecified atom stereocenters. The van der Waals surface area contributed by atoms with Crippen LogP contribution in [0.15, 0.2) is 12.2 Å². The molecular formula is C36H63NO18. The van der Waals surface area contributed by atoms with Gasteiger partial charge in [0.1, 0.15) is 6.61 Å². The number of rotatable bonds is 44. The number of aliphatic carboxylic acids is 1. The lowest BCUT2D eigenvalue weighted by Gasteiger charge is -2.13. The highest BCUT2D eigenvalue weighted by molar-refractivity contribution is 6.12. The van der Waals surface area contributed by atoms with Gasteiger partial charge in [0.2, 0.25) is 0 Å². The summed E-state index contributed by atoms with van der Waals surface area (Å²) in [4.78, 5) is 45.9. The van der Waals surface area contributed by atoms with Gasteiger partial charge in [0.25, 0.3) is 11.8 Å². The minimum absolute atomic E-state index is 0.0539. The van der Waals surface area contributed by atoms with Crippen molar-refractivity contribution >= 4 is 23.8 Å². The normalized spacial score (nSPS) is 12.7. The number of hydrogen-bond donors (Lipinski definition) is 1. The zero-order chi connectivity index (χ0) is 39.7. The zero-order valence-corrected chi connectivity index (χ0v) is 32.2. The number of nitrogens with zero attached hydrogens (tertiary/aromatic N) is 1. The quantitative estimate of drug-likeness (QED) is 0.0499. The summed E-state index contributed by atoms with van der Waals surface area (Å²) in [5.41, 5.74) is 0. The number of unbranched alkanes of at least 4 members (excludes halogenated alkanes) is 1. The number of carboxylic acid groups (broad SMARTS) is 1. The van der Waals surface area contributed by atoms with Crippen LogP contribution >= 0.6 is 0 Å². The number of ether oxygens (including phenoxy) is 13. The van der Waals surface area contributed by atoms with Crippen molar-refractivity contribution < 1.29 is 85.9 Å². The molecule has 0 radical (unpaired) electrons. The standard InChI is InChI=1S/C36H63NO18/c38-33-5-6-34(39)37(33)7-8-43-9-10-44-11-12-45-13-14-46-15-16-47-17-18-48-19-20-49-21-22-50-23-24-51-25-26-52-27-28-53-29-30-54-31-32-55-36(42)4-2-1-3-35(40)41/h5-6H,1-4,7-32H2,(H,40,41). The van der Waals surface area contributed by atoms with E-state index in [2.05, 4.69) is 0 Å². The van der Waals surface area contributed by atoms with Gasteiger partial charge in [0.05, 0.1) is 165 Å². The van der Waals surface area contributed by atoms with Crippen molar-refractivity contribution in [2.75, 3.05) is 172 Å². The van der Waals surface area contributed by atoms with Gasteiger partial charge in [-0.25, -0.2) is 0 Å². The number of esters is 1. The second-order valence-corrected chi connectivity index (χ2v) is 11.3. The molecule has 0 fully saturated rings. The molecule has 0 spiro atoms. The maximum atomic E-state index is 11.5. The van der Waals surface area contributed by atoms with Gasteiger partial charge in [0, 0.05) is 25.0 Å². The van der Waals surface area contributed by atoms with Gasteiger partial charge in [-0.15, -0.1) is 0 Å². The Morgan fingerprint density at radius 3 is 0.945 bits per heavy atom. The van der Waals surface area contributed by atoms with E-state index in [4.69, 9.17) is 66.7 Å². The van der Waals surface area contributed by atoms with Gasteiger partial charge in [-0.2, -0.15) is 0 Å². The molecule has 0 aromatic carbocycles. The largest absolute Gasteiger partial charge is 0.481 e. The molecule has 2 amide bonds. The van der Waals surface area contributed by atoms with E-state index in [9.17, 15) is 19.2 Å². The van der Waals surface area contributed by atoms with E-state index < -0.39 is 5.97 Å². The maximum Gasteiger partial charge on any atom is 0.305 e. The Morgan fingerprint density at radius 2 is 0.655 bits per heavy atom. The van der Waals surface area contributed by atoms with Crippen LogP contribution in [-0.2, 0) is 80.8 Å². The van der Waals surface area contributed by atoms with Crippen LogP contribution in [0, 0.1) is 0 Å². The molecule has 0 aromatic heterocycles. The Kier molecular flexibility index (Phi) is 36.2. The number of carbonyl (C=O) groups is 4. The zero-order valence-electron chi connectivity index (χ0n) is 32.2. The molecule has 1 aliphatic rings. The van der Waals surface area contributed by atoms with E-state index in [1.165, 1.54) is 12.2 Å². The van der Waals surface area contributed by atoms with Crippen molar-refractivity contribution in [3.63, 3.8) is 0 Å². The fourth-order valence-corrected chi connectivity index (χ4v) is 4.16. The third-order valence-corrected chi connectivity index (χ3v) is 6.96. The average Bonchev–Trinajstić information content (AvgIpc) is 3.49. The molecule has 0 saturated heterocycles. The van der Waals surface area contributed by atoms with Crippen molar-refractivity contribution in [2.24, 2.45) is 0 Å². The van der Waals surface area contributed by atoms with Crippen molar-refractivity contribution in [3.8, 4) is 0 Å². The number of carbonyl (C=O) groups excluding carboxylic acids is 3. The molecule has 0 atom stereocenters. The van der Waals surface area contributed by atoms with Crippen molar-refractivity contribution in [2.45, 2.75) is 25.7 Å².